The smallest absolute Gasteiger partial charge is 0.449 e. The van der Waals surface area contributed by atoms with E-state index in [0.29, 0.717) is 12.3 Å². The molecule has 0 fully saturated rings. The van der Waals surface area contributed by atoms with E-state index < -0.39 is 6.16 Å². The number of carboxylic acid groups (broad SMARTS) is 1. The van der Waals surface area contributed by atoms with Gasteiger partial charge in [-0.15, -0.1) is 0 Å². The summed E-state index contributed by atoms with van der Waals surface area (Å²) < 4.78 is 7.13. The lowest BCUT2D eigenvalue weighted by atomic mass is 10.0. The second-order valence-corrected chi connectivity index (χ2v) is 7.85. The number of ether oxygens (including phenoxy) is 1. The number of unbranched alkanes of at least 4 members (excludes halogenated alkanes) is 1. The standard InChI is InChI=1S/C26H28N4O3/c1-3-5-10-24-28-21-15-16-23(27-4-2)29-25(21)30(24)17-18-11-13-19(14-12-18)20-8-6-7-9-22(20)33-26(31)32/h6-9,11-16H,3-5,10,17H2,1-2H3,(H,27,29)(H,31,32). The predicted octanol–water partition coefficient (Wildman–Crippen LogP) is 5.98. The molecule has 2 N–H and O–H groups in total. The van der Waals surface area contributed by atoms with Gasteiger partial charge in [0.25, 0.3) is 0 Å². The fourth-order valence-electron chi connectivity index (χ4n) is 3.88. The number of hydrogen-bond acceptors (Lipinski definition) is 5. The molecule has 2 aromatic heterocycles. The van der Waals surface area contributed by atoms with Crippen molar-refractivity contribution in [2.75, 3.05) is 11.9 Å². The van der Waals surface area contributed by atoms with Gasteiger partial charge in [-0.05, 0) is 42.7 Å². The monoisotopic (exact) mass is 444 g/mol. The van der Waals surface area contributed by atoms with Gasteiger partial charge in [-0.25, -0.2) is 14.8 Å². The Balaban J connectivity index is 1.66. The number of rotatable bonds is 9. The third kappa shape index (κ3) is 5.14. The van der Waals surface area contributed by atoms with Gasteiger partial charge >= 0.3 is 6.16 Å². The first-order chi connectivity index (χ1) is 16.1. The highest BCUT2D eigenvalue weighted by Gasteiger charge is 2.14. The zero-order valence-electron chi connectivity index (χ0n) is 18.9. The SMILES string of the molecule is CCCCc1nc2ccc(NCC)nc2n1Cc1ccc(-c2ccccc2OC(=O)O)cc1. The van der Waals surface area contributed by atoms with Crippen LogP contribution in [0.3, 0.4) is 0 Å². The molecule has 0 unspecified atom stereocenters. The van der Waals surface area contributed by atoms with Crippen LogP contribution in [0.15, 0.2) is 60.7 Å². The molecule has 7 nitrogen and oxygen atoms in total. The Hall–Kier alpha value is -3.87. The van der Waals surface area contributed by atoms with E-state index in [-0.39, 0.29) is 0 Å². The van der Waals surface area contributed by atoms with Crippen LogP contribution < -0.4 is 10.1 Å². The lowest BCUT2D eigenvalue weighted by molar-refractivity contribution is 0.144. The number of nitrogens with one attached hydrogen (secondary N) is 1. The minimum Gasteiger partial charge on any atom is -0.449 e. The molecule has 0 spiro atoms. The first-order valence-electron chi connectivity index (χ1n) is 11.3. The summed E-state index contributed by atoms with van der Waals surface area (Å²) in [6.07, 6.45) is 1.76. The van der Waals surface area contributed by atoms with Crippen LogP contribution in [0.5, 0.6) is 5.75 Å². The van der Waals surface area contributed by atoms with Crippen molar-refractivity contribution in [1.29, 1.82) is 0 Å². The Morgan fingerprint density at radius 1 is 1.03 bits per heavy atom. The van der Waals surface area contributed by atoms with Crippen molar-refractivity contribution in [2.45, 2.75) is 39.7 Å². The molecule has 0 saturated carbocycles. The summed E-state index contributed by atoms with van der Waals surface area (Å²) in [6.45, 7) is 5.70. The van der Waals surface area contributed by atoms with Crippen LogP contribution in [-0.4, -0.2) is 32.3 Å². The molecule has 0 aliphatic rings. The van der Waals surface area contributed by atoms with Crippen LogP contribution in [-0.2, 0) is 13.0 Å². The van der Waals surface area contributed by atoms with Gasteiger partial charge in [-0.3, -0.25) is 0 Å². The van der Waals surface area contributed by atoms with Crippen molar-refractivity contribution in [3.63, 3.8) is 0 Å². The van der Waals surface area contributed by atoms with Crippen molar-refractivity contribution in [1.82, 2.24) is 14.5 Å². The molecule has 170 valence electrons. The number of aryl methyl sites for hydroxylation is 1. The molecule has 33 heavy (non-hydrogen) atoms. The first kappa shape index (κ1) is 22.3. The number of aromatic nitrogens is 3. The topological polar surface area (TPSA) is 89.3 Å². The quantitative estimate of drug-likeness (QED) is 0.244. The lowest BCUT2D eigenvalue weighted by Crippen LogP contribution is -2.07. The van der Waals surface area contributed by atoms with E-state index in [9.17, 15) is 4.79 Å². The fourth-order valence-corrected chi connectivity index (χ4v) is 3.88. The molecule has 0 aliphatic heterocycles. The molecule has 0 amide bonds. The molecule has 0 atom stereocenters. The molecule has 0 radical (unpaired) electrons. The maximum absolute atomic E-state index is 11.0. The summed E-state index contributed by atoms with van der Waals surface area (Å²) in [4.78, 5) is 20.7. The van der Waals surface area contributed by atoms with Crippen molar-refractivity contribution in [2.24, 2.45) is 0 Å². The number of pyridine rings is 1. The van der Waals surface area contributed by atoms with E-state index in [1.54, 1.807) is 12.1 Å². The van der Waals surface area contributed by atoms with Gasteiger partial charge in [-0.1, -0.05) is 55.8 Å². The largest absolute Gasteiger partial charge is 0.511 e. The minimum atomic E-state index is -1.32. The van der Waals surface area contributed by atoms with Crippen molar-refractivity contribution in [3.8, 4) is 16.9 Å². The molecule has 4 rings (SSSR count). The fraction of sp³-hybridized carbons (Fsp3) is 0.269. The van der Waals surface area contributed by atoms with E-state index in [1.165, 1.54) is 0 Å². The summed E-state index contributed by atoms with van der Waals surface area (Å²) in [5.41, 5.74) is 4.52. The molecule has 4 aromatic rings. The maximum Gasteiger partial charge on any atom is 0.511 e. The number of anilines is 1. The van der Waals surface area contributed by atoms with Gasteiger partial charge in [0.2, 0.25) is 0 Å². The highest BCUT2D eigenvalue weighted by Crippen LogP contribution is 2.30. The Morgan fingerprint density at radius 3 is 2.55 bits per heavy atom. The van der Waals surface area contributed by atoms with Crippen LogP contribution in [0.4, 0.5) is 10.6 Å². The summed E-state index contributed by atoms with van der Waals surface area (Å²) in [7, 11) is 0. The molecule has 0 saturated heterocycles. The van der Waals surface area contributed by atoms with Crippen LogP contribution >= 0.6 is 0 Å². The Bertz CT molecular complexity index is 1250. The van der Waals surface area contributed by atoms with Crippen LogP contribution in [0, 0.1) is 0 Å². The van der Waals surface area contributed by atoms with E-state index in [0.717, 1.165) is 65.3 Å². The van der Waals surface area contributed by atoms with Gasteiger partial charge in [0, 0.05) is 18.5 Å². The number of benzene rings is 2. The molecular weight excluding hydrogens is 416 g/mol. The minimum absolute atomic E-state index is 0.320. The van der Waals surface area contributed by atoms with Crippen LogP contribution in [0.2, 0.25) is 0 Å². The van der Waals surface area contributed by atoms with Crippen LogP contribution in [0.25, 0.3) is 22.3 Å². The average molecular weight is 445 g/mol. The van der Waals surface area contributed by atoms with Crippen molar-refractivity contribution >= 4 is 23.1 Å². The zero-order chi connectivity index (χ0) is 23.2. The normalized spacial score (nSPS) is 11.0. The second-order valence-electron chi connectivity index (χ2n) is 7.85. The first-order valence-corrected chi connectivity index (χ1v) is 11.3. The number of fused-ring (bicyclic) bond motifs is 1. The number of nitrogens with zero attached hydrogens (tertiary/aromatic N) is 3. The summed E-state index contributed by atoms with van der Waals surface area (Å²) in [5.74, 6) is 2.20. The van der Waals surface area contributed by atoms with E-state index >= 15 is 0 Å². The summed E-state index contributed by atoms with van der Waals surface area (Å²) >= 11 is 0. The number of hydrogen-bond donors (Lipinski definition) is 2. The maximum atomic E-state index is 11.0. The van der Waals surface area contributed by atoms with E-state index in [4.69, 9.17) is 19.8 Å². The molecule has 0 bridgehead atoms. The second kappa shape index (κ2) is 10.2. The number of para-hydroxylation sites is 1. The van der Waals surface area contributed by atoms with E-state index in [1.807, 2.05) is 36.4 Å². The van der Waals surface area contributed by atoms with Gasteiger partial charge < -0.3 is 19.7 Å². The zero-order valence-corrected chi connectivity index (χ0v) is 18.9. The Morgan fingerprint density at radius 2 is 1.82 bits per heavy atom. The lowest BCUT2D eigenvalue weighted by Gasteiger charge is -2.11. The molecule has 2 heterocycles. The Labute approximate surface area is 193 Å². The summed E-state index contributed by atoms with van der Waals surface area (Å²) in [6, 6.07) is 19.2. The van der Waals surface area contributed by atoms with Crippen molar-refractivity contribution < 1.29 is 14.6 Å². The van der Waals surface area contributed by atoms with Gasteiger partial charge in [-0.2, -0.15) is 0 Å². The van der Waals surface area contributed by atoms with E-state index in [2.05, 4.69) is 35.9 Å². The number of carbonyl (C=O) groups is 1. The molecule has 0 aliphatic carbocycles. The van der Waals surface area contributed by atoms with Gasteiger partial charge in [0.05, 0.1) is 6.54 Å². The highest BCUT2D eigenvalue weighted by molar-refractivity contribution is 5.75. The summed E-state index contributed by atoms with van der Waals surface area (Å²) in [5, 5.41) is 12.3. The molecular formula is C26H28N4O3. The molecule has 2 aromatic carbocycles. The third-order valence-electron chi connectivity index (χ3n) is 5.47. The third-order valence-corrected chi connectivity index (χ3v) is 5.47. The predicted molar refractivity (Wildman–Crippen MR) is 130 cm³/mol. The van der Waals surface area contributed by atoms with Crippen molar-refractivity contribution in [3.05, 3.63) is 72.1 Å². The Kier molecular flexibility index (Phi) is 6.88. The van der Waals surface area contributed by atoms with Gasteiger partial charge in [0.1, 0.15) is 22.9 Å². The van der Waals surface area contributed by atoms with Gasteiger partial charge in [0.15, 0.2) is 5.65 Å². The average Bonchev–Trinajstić information content (AvgIpc) is 3.15. The van der Waals surface area contributed by atoms with Crippen LogP contribution in [0.1, 0.15) is 38.1 Å². The highest BCUT2D eigenvalue weighted by atomic mass is 16.7. The molecule has 7 heteroatoms. The number of imidazole rings is 1.